The Morgan fingerprint density at radius 2 is 2.11 bits per heavy atom. The van der Waals surface area contributed by atoms with E-state index in [1.165, 1.54) is 13.8 Å². The van der Waals surface area contributed by atoms with Crippen LogP contribution in [0.5, 0.6) is 0 Å². The molecule has 1 saturated carbocycles. The van der Waals surface area contributed by atoms with Gasteiger partial charge in [0.2, 0.25) is 0 Å². The van der Waals surface area contributed by atoms with Crippen LogP contribution in [0.2, 0.25) is 0 Å². The van der Waals surface area contributed by atoms with Gasteiger partial charge >= 0.3 is 6.03 Å². The lowest BCUT2D eigenvalue weighted by molar-refractivity contribution is -0.0171. The molecule has 204 valence electrons. The van der Waals surface area contributed by atoms with Crippen LogP contribution in [0.4, 0.5) is 20.7 Å². The molecule has 0 bridgehead atoms. The highest BCUT2D eigenvalue weighted by Gasteiger charge is 2.53. The first-order chi connectivity index (χ1) is 18.0. The van der Waals surface area contributed by atoms with Crippen molar-refractivity contribution in [2.75, 3.05) is 37.0 Å². The van der Waals surface area contributed by atoms with E-state index < -0.39 is 5.67 Å². The number of hydrogen-bond acceptors (Lipinski definition) is 7. The summed E-state index contributed by atoms with van der Waals surface area (Å²) in [6, 6.07) is 1.65. The molecule has 0 radical (unpaired) electrons. The van der Waals surface area contributed by atoms with E-state index >= 15 is 0 Å². The standard InChI is InChI=1S/C26H35FN8O3/c1-24(2,27)13-35-20-9-18(28-11-17(20)22(32-35)33-14-25(3,15-33)38-4)21-19(12-29-31-21)30-23(37)34-8-5-16(36)10-26(34)6-7-26/h9,11-12,16,36H,5-8,10,13-15H2,1-4H3,(H,29,31)(H,30,37). The minimum Gasteiger partial charge on any atom is -0.393 e. The van der Waals surface area contributed by atoms with Gasteiger partial charge in [0, 0.05) is 25.4 Å². The number of halogens is 1. The molecule has 11 nitrogen and oxygen atoms in total. The first-order valence-corrected chi connectivity index (χ1v) is 13.2. The number of nitrogens with zero attached hydrogens (tertiary/aromatic N) is 6. The Kier molecular flexibility index (Phi) is 5.69. The number of aliphatic hydroxyl groups excluding tert-OH is 1. The van der Waals surface area contributed by atoms with Gasteiger partial charge in [0.15, 0.2) is 5.82 Å². The molecule has 3 aromatic heterocycles. The number of aliphatic hydroxyl groups is 1. The van der Waals surface area contributed by atoms with Crippen LogP contribution in [0.1, 0.15) is 46.5 Å². The van der Waals surface area contributed by atoms with Crippen LogP contribution in [0.25, 0.3) is 22.3 Å². The molecule has 3 aliphatic rings. The van der Waals surface area contributed by atoms with Gasteiger partial charge in [-0.1, -0.05) is 0 Å². The third kappa shape index (κ3) is 4.39. The normalized spacial score (nSPS) is 22.1. The van der Waals surface area contributed by atoms with Crippen molar-refractivity contribution in [2.24, 2.45) is 0 Å². The molecule has 1 unspecified atom stereocenters. The molecule has 0 aromatic carbocycles. The molecule has 6 rings (SSSR count). The lowest BCUT2D eigenvalue weighted by atomic mass is 9.96. The molecular formula is C26H35FN8O3. The predicted octanol–water partition coefficient (Wildman–Crippen LogP) is 3.32. The number of anilines is 2. The van der Waals surface area contributed by atoms with E-state index in [1.807, 2.05) is 11.0 Å². The lowest BCUT2D eigenvalue weighted by Crippen LogP contribution is -2.61. The summed E-state index contributed by atoms with van der Waals surface area (Å²) in [5.74, 6) is 0.748. The van der Waals surface area contributed by atoms with Crippen molar-refractivity contribution >= 4 is 28.4 Å². The third-order valence-corrected chi connectivity index (χ3v) is 8.07. The van der Waals surface area contributed by atoms with Gasteiger partial charge in [-0.3, -0.25) is 14.8 Å². The molecule has 38 heavy (non-hydrogen) atoms. The van der Waals surface area contributed by atoms with Crippen molar-refractivity contribution in [3.63, 3.8) is 0 Å². The van der Waals surface area contributed by atoms with Crippen molar-refractivity contribution in [3.05, 3.63) is 18.5 Å². The Hall–Kier alpha value is -3.25. The molecule has 3 fully saturated rings. The smallest absolute Gasteiger partial charge is 0.322 e. The SMILES string of the molecule is COC1(C)CN(c2nn(CC(C)(C)F)c3cc(-c4[nH]ncc4NC(=O)N4CCC(O)CC45CC5)ncc23)C1. The second-order valence-electron chi connectivity index (χ2n) is 11.9. The van der Waals surface area contributed by atoms with Crippen LogP contribution >= 0.6 is 0 Å². The van der Waals surface area contributed by atoms with Crippen molar-refractivity contribution in [1.29, 1.82) is 0 Å². The number of pyridine rings is 1. The zero-order valence-electron chi connectivity index (χ0n) is 22.3. The Labute approximate surface area is 220 Å². The average molecular weight is 527 g/mol. The summed E-state index contributed by atoms with van der Waals surface area (Å²) >= 11 is 0. The highest BCUT2D eigenvalue weighted by atomic mass is 19.1. The molecule has 3 N–H and O–H groups in total. The highest BCUT2D eigenvalue weighted by molar-refractivity contribution is 5.96. The van der Waals surface area contributed by atoms with Crippen LogP contribution in [0.3, 0.4) is 0 Å². The summed E-state index contributed by atoms with van der Waals surface area (Å²) in [6.07, 6.45) is 5.96. The summed E-state index contributed by atoms with van der Waals surface area (Å²) in [6.45, 7) is 7.08. The monoisotopic (exact) mass is 526 g/mol. The second-order valence-corrected chi connectivity index (χ2v) is 11.9. The average Bonchev–Trinajstić information content (AvgIpc) is 3.28. The number of carbonyl (C=O) groups is 1. The number of H-pyrrole nitrogens is 1. The Morgan fingerprint density at radius 3 is 2.79 bits per heavy atom. The molecular weight excluding hydrogens is 491 g/mol. The van der Waals surface area contributed by atoms with Gasteiger partial charge in [-0.2, -0.15) is 10.2 Å². The van der Waals surface area contributed by atoms with E-state index in [0.29, 0.717) is 49.6 Å². The lowest BCUT2D eigenvalue weighted by Gasteiger charge is -2.47. The Morgan fingerprint density at radius 1 is 1.34 bits per heavy atom. The molecule has 2 aliphatic heterocycles. The quantitative estimate of drug-likeness (QED) is 0.450. The van der Waals surface area contributed by atoms with E-state index in [-0.39, 0.29) is 29.8 Å². The largest absolute Gasteiger partial charge is 0.393 e. The van der Waals surface area contributed by atoms with Gasteiger partial charge in [0.05, 0.1) is 59.8 Å². The van der Waals surface area contributed by atoms with E-state index in [0.717, 1.165) is 29.6 Å². The van der Waals surface area contributed by atoms with Crippen LogP contribution in [0.15, 0.2) is 18.5 Å². The van der Waals surface area contributed by atoms with Crippen molar-refractivity contribution in [1.82, 2.24) is 29.9 Å². The number of likely N-dealkylation sites (tertiary alicyclic amines) is 1. The van der Waals surface area contributed by atoms with Gasteiger partial charge in [0.1, 0.15) is 11.4 Å². The zero-order valence-corrected chi connectivity index (χ0v) is 22.3. The Balaban J connectivity index is 1.30. The number of alkyl halides is 1. The summed E-state index contributed by atoms with van der Waals surface area (Å²) in [5, 5.41) is 25.8. The van der Waals surface area contributed by atoms with Crippen molar-refractivity contribution in [2.45, 2.75) is 75.9 Å². The number of amides is 2. The van der Waals surface area contributed by atoms with Gasteiger partial charge in [-0.25, -0.2) is 9.18 Å². The number of methoxy groups -OCH3 is 1. The summed E-state index contributed by atoms with van der Waals surface area (Å²) in [7, 11) is 1.70. The number of aromatic amines is 1. The van der Waals surface area contributed by atoms with Crippen molar-refractivity contribution in [3.8, 4) is 11.4 Å². The minimum atomic E-state index is -1.47. The molecule has 1 aliphatic carbocycles. The van der Waals surface area contributed by atoms with Crippen molar-refractivity contribution < 1.29 is 19.0 Å². The fraction of sp³-hybridized carbons (Fsp3) is 0.615. The maximum atomic E-state index is 14.7. The number of urea groups is 1. The van der Waals surface area contributed by atoms with E-state index in [1.54, 1.807) is 24.2 Å². The van der Waals surface area contributed by atoms with Crippen LogP contribution < -0.4 is 10.2 Å². The molecule has 5 heterocycles. The number of aromatic nitrogens is 5. The molecule has 1 spiro atoms. The third-order valence-electron chi connectivity index (χ3n) is 8.07. The number of ether oxygens (including phenoxy) is 1. The number of rotatable bonds is 6. The number of carbonyl (C=O) groups excluding carboxylic acids is 1. The summed E-state index contributed by atoms with van der Waals surface area (Å²) in [4.78, 5) is 21.9. The van der Waals surface area contributed by atoms with Gasteiger partial charge in [-0.05, 0) is 52.5 Å². The first-order valence-electron chi connectivity index (χ1n) is 13.2. The molecule has 2 amide bonds. The second kappa shape index (κ2) is 8.63. The molecule has 2 saturated heterocycles. The van der Waals surface area contributed by atoms with Gasteiger partial charge < -0.3 is 25.0 Å². The van der Waals surface area contributed by atoms with Gasteiger partial charge in [-0.15, -0.1) is 0 Å². The first kappa shape index (κ1) is 25.1. The highest BCUT2D eigenvalue weighted by Crippen LogP contribution is 2.48. The number of nitrogens with one attached hydrogen (secondary N) is 2. The number of hydrogen-bond donors (Lipinski definition) is 3. The van der Waals surface area contributed by atoms with Gasteiger partial charge in [0.25, 0.3) is 0 Å². The number of piperidine rings is 1. The van der Waals surface area contributed by atoms with E-state index in [2.05, 4.69) is 32.3 Å². The summed E-state index contributed by atoms with van der Waals surface area (Å²) < 4.78 is 22.0. The molecule has 3 aromatic rings. The zero-order chi connectivity index (χ0) is 26.9. The van der Waals surface area contributed by atoms with Crippen LogP contribution in [0, 0.1) is 0 Å². The predicted molar refractivity (Wildman–Crippen MR) is 141 cm³/mol. The molecule has 1 atom stereocenters. The van der Waals surface area contributed by atoms with Crippen LogP contribution in [-0.4, -0.2) is 90.7 Å². The van der Waals surface area contributed by atoms with E-state index in [9.17, 15) is 14.3 Å². The Bertz CT molecular complexity index is 1370. The fourth-order valence-electron chi connectivity index (χ4n) is 5.80. The molecule has 12 heteroatoms. The maximum Gasteiger partial charge on any atom is 0.322 e. The topological polar surface area (TPSA) is 124 Å². The maximum absolute atomic E-state index is 14.7. The summed E-state index contributed by atoms with van der Waals surface area (Å²) in [5.41, 5.74) is 0.443. The minimum absolute atomic E-state index is 0.0812. The fourth-order valence-corrected chi connectivity index (χ4v) is 5.80. The van der Waals surface area contributed by atoms with Crippen LogP contribution in [-0.2, 0) is 11.3 Å². The number of fused-ring (bicyclic) bond motifs is 1. The van der Waals surface area contributed by atoms with E-state index in [4.69, 9.17) is 9.84 Å².